The summed E-state index contributed by atoms with van der Waals surface area (Å²) in [5.41, 5.74) is 1.40. The van der Waals surface area contributed by atoms with Crippen molar-refractivity contribution in [3.05, 3.63) is 60.1 Å². The molecule has 3 rings (SSSR count). The lowest BCUT2D eigenvalue weighted by Gasteiger charge is -2.21. The largest absolute Gasteiger partial charge is 0.468 e. The highest BCUT2D eigenvalue weighted by Crippen LogP contribution is 2.21. The maximum Gasteiger partial charge on any atom is 0.120 e. The Morgan fingerprint density at radius 2 is 2.10 bits per heavy atom. The molecule has 2 atom stereocenters. The standard InChI is InChI=1S/C18H24N2O/c1-2-17(18-9-6-12-21-18)19-16-10-11-20(14-16)13-15-7-4-3-5-8-15/h3-9,12,16-17,19H,2,10-11,13-14H2,1H3. The van der Waals surface area contributed by atoms with Crippen LogP contribution in [-0.2, 0) is 6.54 Å². The Kier molecular flexibility index (Phi) is 4.73. The molecule has 1 aromatic heterocycles. The van der Waals surface area contributed by atoms with E-state index in [-0.39, 0.29) is 0 Å². The predicted molar refractivity (Wildman–Crippen MR) is 85.0 cm³/mol. The molecular weight excluding hydrogens is 260 g/mol. The van der Waals surface area contributed by atoms with Crippen LogP contribution >= 0.6 is 0 Å². The first-order valence-corrected chi connectivity index (χ1v) is 7.91. The van der Waals surface area contributed by atoms with Crippen LogP contribution in [-0.4, -0.2) is 24.0 Å². The summed E-state index contributed by atoms with van der Waals surface area (Å²) in [6.07, 6.45) is 4.03. The number of likely N-dealkylation sites (tertiary alicyclic amines) is 1. The van der Waals surface area contributed by atoms with E-state index < -0.39 is 0 Å². The number of furan rings is 1. The van der Waals surface area contributed by atoms with Crippen molar-refractivity contribution in [2.24, 2.45) is 0 Å². The molecule has 1 aliphatic heterocycles. The molecular formula is C18H24N2O. The molecule has 21 heavy (non-hydrogen) atoms. The molecule has 0 saturated carbocycles. The molecule has 2 heterocycles. The van der Waals surface area contributed by atoms with Crippen LogP contribution < -0.4 is 5.32 Å². The fourth-order valence-corrected chi connectivity index (χ4v) is 3.13. The van der Waals surface area contributed by atoms with Gasteiger partial charge in [0.2, 0.25) is 0 Å². The van der Waals surface area contributed by atoms with Crippen molar-refractivity contribution in [3.8, 4) is 0 Å². The van der Waals surface area contributed by atoms with E-state index in [1.54, 1.807) is 6.26 Å². The van der Waals surface area contributed by atoms with E-state index in [2.05, 4.69) is 53.5 Å². The second-order valence-corrected chi connectivity index (χ2v) is 5.85. The van der Waals surface area contributed by atoms with Crippen molar-refractivity contribution in [2.45, 2.75) is 38.4 Å². The molecule has 0 spiro atoms. The Balaban J connectivity index is 1.52. The molecule has 1 aliphatic rings. The van der Waals surface area contributed by atoms with Gasteiger partial charge < -0.3 is 9.73 Å². The molecule has 1 N–H and O–H groups in total. The maximum atomic E-state index is 5.54. The van der Waals surface area contributed by atoms with E-state index in [9.17, 15) is 0 Å². The average Bonchev–Trinajstić information content (AvgIpc) is 3.17. The predicted octanol–water partition coefficient (Wildman–Crippen LogP) is 3.59. The van der Waals surface area contributed by atoms with Gasteiger partial charge in [-0.15, -0.1) is 0 Å². The minimum atomic E-state index is 0.335. The summed E-state index contributed by atoms with van der Waals surface area (Å²) >= 11 is 0. The molecule has 1 saturated heterocycles. The molecule has 1 fully saturated rings. The van der Waals surface area contributed by atoms with E-state index in [1.165, 1.54) is 18.5 Å². The highest BCUT2D eigenvalue weighted by molar-refractivity contribution is 5.14. The van der Waals surface area contributed by atoms with Gasteiger partial charge in [0, 0.05) is 25.7 Å². The first-order chi connectivity index (χ1) is 10.3. The molecule has 3 heteroatoms. The monoisotopic (exact) mass is 284 g/mol. The van der Waals surface area contributed by atoms with Crippen LogP contribution in [0.1, 0.15) is 37.1 Å². The zero-order chi connectivity index (χ0) is 14.5. The molecule has 3 nitrogen and oxygen atoms in total. The Morgan fingerprint density at radius 3 is 2.81 bits per heavy atom. The summed E-state index contributed by atoms with van der Waals surface area (Å²) in [6, 6.07) is 15.7. The van der Waals surface area contributed by atoms with Crippen molar-refractivity contribution < 1.29 is 4.42 Å². The van der Waals surface area contributed by atoms with Crippen molar-refractivity contribution in [1.29, 1.82) is 0 Å². The van der Waals surface area contributed by atoms with Gasteiger partial charge in [0.1, 0.15) is 5.76 Å². The first kappa shape index (κ1) is 14.4. The van der Waals surface area contributed by atoms with E-state index in [1.807, 2.05) is 6.07 Å². The molecule has 2 unspecified atom stereocenters. The van der Waals surface area contributed by atoms with Crippen LogP contribution in [0.3, 0.4) is 0 Å². The first-order valence-electron chi connectivity index (χ1n) is 7.91. The smallest absolute Gasteiger partial charge is 0.120 e. The summed E-state index contributed by atoms with van der Waals surface area (Å²) in [5, 5.41) is 3.75. The van der Waals surface area contributed by atoms with Gasteiger partial charge in [0.15, 0.2) is 0 Å². The van der Waals surface area contributed by atoms with Crippen molar-refractivity contribution in [2.75, 3.05) is 13.1 Å². The highest BCUT2D eigenvalue weighted by Gasteiger charge is 2.25. The lowest BCUT2D eigenvalue weighted by molar-refractivity contribution is 0.306. The van der Waals surface area contributed by atoms with Gasteiger partial charge >= 0.3 is 0 Å². The van der Waals surface area contributed by atoms with Crippen molar-refractivity contribution in [1.82, 2.24) is 10.2 Å². The fourth-order valence-electron chi connectivity index (χ4n) is 3.13. The molecule has 112 valence electrons. The van der Waals surface area contributed by atoms with Crippen molar-refractivity contribution in [3.63, 3.8) is 0 Å². The number of nitrogens with one attached hydrogen (secondary N) is 1. The fraction of sp³-hybridized carbons (Fsp3) is 0.444. The number of nitrogens with zero attached hydrogens (tertiary/aromatic N) is 1. The summed E-state index contributed by atoms with van der Waals surface area (Å²) in [5.74, 6) is 1.05. The lowest BCUT2D eigenvalue weighted by atomic mass is 10.1. The minimum absolute atomic E-state index is 0.335. The second-order valence-electron chi connectivity index (χ2n) is 5.85. The van der Waals surface area contributed by atoms with E-state index >= 15 is 0 Å². The highest BCUT2D eigenvalue weighted by atomic mass is 16.3. The van der Waals surface area contributed by atoms with Crippen LogP contribution in [0.2, 0.25) is 0 Å². The normalized spacial score (nSPS) is 20.7. The zero-order valence-corrected chi connectivity index (χ0v) is 12.7. The van der Waals surface area contributed by atoms with Crippen LogP contribution in [0.15, 0.2) is 53.1 Å². The number of hydrogen-bond donors (Lipinski definition) is 1. The van der Waals surface area contributed by atoms with Crippen molar-refractivity contribution >= 4 is 0 Å². The van der Waals surface area contributed by atoms with Gasteiger partial charge in [-0.3, -0.25) is 4.90 Å². The topological polar surface area (TPSA) is 28.4 Å². The van der Waals surface area contributed by atoms with Gasteiger partial charge in [-0.05, 0) is 30.5 Å². The third-order valence-electron chi connectivity index (χ3n) is 4.25. The summed E-state index contributed by atoms with van der Waals surface area (Å²) in [6.45, 7) is 5.54. The molecule has 0 aliphatic carbocycles. The Bertz CT molecular complexity index is 523. The Labute approximate surface area is 127 Å². The number of hydrogen-bond acceptors (Lipinski definition) is 3. The van der Waals surface area contributed by atoms with Gasteiger partial charge in [-0.2, -0.15) is 0 Å². The van der Waals surface area contributed by atoms with Crippen LogP contribution in [0.4, 0.5) is 0 Å². The van der Waals surface area contributed by atoms with E-state index in [0.29, 0.717) is 12.1 Å². The lowest BCUT2D eigenvalue weighted by Crippen LogP contribution is -2.35. The molecule has 2 aromatic rings. The van der Waals surface area contributed by atoms with Gasteiger partial charge in [0.05, 0.1) is 12.3 Å². The molecule has 1 aromatic carbocycles. The Hall–Kier alpha value is -1.58. The third kappa shape index (κ3) is 3.74. The van der Waals surface area contributed by atoms with Crippen LogP contribution in [0.25, 0.3) is 0 Å². The molecule has 0 radical (unpaired) electrons. The average molecular weight is 284 g/mol. The summed E-state index contributed by atoms with van der Waals surface area (Å²) < 4.78 is 5.54. The minimum Gasteiger partial charge on any atom is -0.468 e. The summed E-state index contributed by atoms with van der Waals surface area (Å²) in [4.78, 5) is 2.53. The number of rotatable bonds is 6. The van der Waals surface area contributed by atoms with E-state index in [0.717, 1.165) is 25.3 Å². The molecule has 0 amide bonds. The maximum absolute atomic E-state index is 5.54. The van der Waals surface area contributed by atoms with Gasteiger partial charge in [0.25, 0.3) is 0 Å². The molecule has 0 bridgehead atoms. The Morgan fingerprint density at radius 1 is 1.24 bits per heavy atom. The second kappa shape index (κ2) is 6.92. The third-order valence-corrected chi connectivity index (χ3v) is 4.25. The van der Waals surface area contributed by atoms with Crippen LogP contribution in [0, 0.1) is 0 Å². The van der Waals surface area contributed by atoms with E-state index in [4.69, 9.17) is 4.42 Å². The number of benzene rings is 1. The van der Waals surface area contributed by atoms with Crippen LogP contribution in [0.5, 0.6) is 0 Å². The quantitative estimate of drug-likeness (QED) is 0.878. The summed E-state index contributed by atoms with van der Waals surface area (Å²) in [7, 11) is 0. The van der Waals surface area contributed by atoms with Gasteiger partial charge in [-0.25, -0.2) is 0 Å². The SMILES string of the molecule is CCC(NC1CCN(Cc2ccccc2)C1)c1ccco1. The van der Waals surface area contributed by atoms with Gasteiger partial charge in [-0.1, -0.05) is 37.3 Å². The zero-order valence-electron chi connectivity index (χ0n) is 12.7.